The monoisotopic (exact) mass is 1380 g/mol. The summed E-state index contributed by atoms with van der Waals surface area (Å²) in [4.78, 5) is 0. The maximum absolute atomic E-state index is 12.3. The van der Waals surface area contributed by atoms with E-state index in [1.54, 1.807) is 13.8 Å². The molecule has 0 nitrogen and oxygen atoms in total. The van der Waals surface area contributed by atoms with Gasteiger partial charge in [-0.2, -0.15) is 12.6 Å². The van der Waals surface area contributed by atoms with Crippen LogP contribution < -0.4 is 0 Å². The summed E-state index contributed by atoms with van der Waals surface area (Å²) >= 11 is 4.10. The van der Waals surface area contributed by atoms with Gasteiger partial charge in [0, 0.05) is 19.3 Å². The largest absolute Gasteiger partial charge is 0.248 e. The summed E-state index contributed by atoms with van der Waals surface area (Å²) in [6, 6.07) is 21.2. The van der Waals surface area contributed by atoms with Gasteiger partial charge in [0.2, 0.25) is 11.8 Å². The van der Waals surface area contributed by atoms with Gasteiger partial charge in [0.1, 0.15) is 0 Å². The van der Waals surface area contributed by atoms with Crippen LogP contribution in [-0.4, -0.2) is 29.9 Å². The van der Waals surface area contributed by atoms with Crippen LogP contribution in [0.25, 0.3) is 0 Å². The molecule has 580 valence electrons. The minimum atomic E-state index is -2.52. The van der Waals surface area contributed by atoms with E-state index in [0.29, 0.717) is 62.6 Å². The van der Waals surface area contributed by atoms with Crippen molar-refractivity contribution in [3.63, 3.8) is 0 Å². The number of halogens is 6. The van der Waals surface area contributed by atoms with Crippen molar-refractivity contribution in [2.75, 3.05) is 5.75 Å². The van der Waals surface area contributed by atoms with Crippen LogP contribution in [0, 0.1) is 66.5 Å². The fourth-order valence-electron chi connectivity index (χ4n) is 6.64. The molecule has 7 heteroatoms. The summed E-state index contributed by atoms with van der Waals surface area (Å²) in [6.07, 6.45) is 15.7. The van der Waals surface area contributed by atoms with Gasteiger partial charge in [-0.25, -0.2) is 26.3 Å². The lowest BCUT2D eigenvalue weighted by Gasteiger charge is -2.22. The Morgan fingerprint density at radius 3 is 0.863 bits per heavy atom. The van der Waals surface area contributed by atoms with Gasteiger partial charge in [-0.1, -0.05) is 359 Å². The molecule has 0 saturated carbocycles. The average molecular weight is 1380 g/mol. The molecule has 0 N–H and O–H groups in total. The Hall–Kier alpha value is -2.33. The van der Waals surface area contributed by atoms with E-state index in [1.807, 2.05) is 68.4 Å². The molecule has 0 aliphatic heterocycles. The summed E-state index contributed by atoms with van der Waals surface area (Å²) in [5.41, 5.74) is 5.97. The number of rotatable bonds is 9. The zero-order chi connectivity index (χ0) is 74.5. The van der Waals surface area contributed by atoms with Crippen LogP contribution in [-0.2, 0) is 11.8 Å². The van der Waals surface area contributed by atoms with Crippen LogP contribution in [0.1, 0.15) is 389 Å². The maximum Gasteiger partial charge on any atom is 0.245 e. The third-order valence-electron chi connectivity index (χ3n) is 11.5. The first kappa shape index (κ1) is 126. The van der Waals surface area contributed by atoms with Crippen molar-refractivity contribution in [3.8, 4) is 12.3 Å². The second kappa shape index (κ2) is 59.4. The van der Waals surface area contributed by atoms with Gasteiger partial charge in [-0.3, -0.25) is 0 Å². The Bertz CT molecular complexity index is 1860. The van der Waals surface area contributed by atoms with Crippen molar-refractivity contribution in [1.82, 2.24) is 0 Å². The molecule has 95 heavy (non-hydrogen) atoms. The van der Waals surface area contributed by atoms with Crippen molar-refractivity contribution in [1.29, 1.82) is 0 Å². The van der Waals surface area contributed by atoms with E-state index in [2.05, 4.69) is 266 Å². The van der Waals surface area contributed by atoms with Gasteiger partial charge >= 0.3 is 0 Å². The zero-order valence-corrected chi connectivity index (χ0v) is 68.6. The first-order valence-electron chi connectivity index (χ1n) is 34.0. The number of hydrogen-bond acceptors (Lipinski definition) is 1. The normalized spacial score (nSPS) is 12.2. The molecular weight excluding hydrogens is 1200 g/mol. The molecule has 2 aromatic carbocycles. The van der Waals surface area contributed by atoms with Crippen LogP contribution in [0.15, 0.2) is 73.3 Å². The highest BCUT2D eigenvalue weighted by Gasteiger charge is 2.28. The van der Waals surface area contributed by atoms with Crippen LogP contribution in [0.3, 0.4) is 0 Å². The Morgan fingerprint density at radius 2 is 0.768 bits per heavy atom. The third kappa shape index (κ3) is 166. The SMILES string of the molecule is C.C.C.C.C.C#CCC(C)(C)C.C=CCC(C)(C)C.CC(C)(C)CC(C)(F)F.CC(C)(C)CCC(C)(F)F.CC(C)(C)CS.CC(C)(C)Cc1ccccc1.CC(C)(C)c1ccccc1.CC(F)CC(C)(C)C.CC(F)CCC(C)(C)C.CCC(C)(C)C.CCCC(C)(C)C. The second-order valence-corrected chi connectivity index (χ2v) is 38.5. The smallest absolute Gasteiger partial charge is 0.245 e. The number of terminal acetylenes is 1. The van der Waals surface area contributed by atoms with Crippen LogP contribution in [0.4, 0.5) is 26.3 Å². The molecule has 0 fully saturated rings. The molecular formula is C88H180F6S. The first-order chi connectivity index (χ1) is 39.2. The van der Waals surface area contributed by atoms with Gasteiger partial charge in [-0.05, 0) is 149 Å². The molecule has 0 radical (unpaired) electrons. The number of alkyl halides is 6. The van der Waals surface area contributed by atoms with Gasteiger partial charge in [0.15, 0.2) is 0 Å². The lowest BCUT2D eigenvalue weighted by atomic mass is 9.87. The Morgan fingerprint density at radius 1 is 0.432 bits per heavy atom. The zero-order valence-electron chi connectivity index (χ0n) is 67.7. The van der Waals surface area contributed by atoms with Crippen LogP contribution >= 0.6 is 12.6 Å². The predicted molar refractivity (Wildman–Crippen MR) is 441 cm³/mol. The van der Waals surface area contributed by atoms with Crippen molar-refractivity contribution < 1.29 is 26.3 Å². The number of hydrogen-bond donors (Lipinski definition) is 1. The average Bonchev–Trinajstić information content (AvgIpc) is 3.25. The molecule has 2 aromatic rings. The van der Waals surface area contributed by atoms with E-state index >= 15 is 0 Å². The molecule has 0 aliphatic rings. The molecule has 0 spiro atoms. The number of thiol groups is 1. The summed E-state index contributed by atoms with van der Waals surface area (Å²) < 4.78 is 73.4. The van der Waals surface area contributed by atoms with E-state index in [1.165, 1.54) is 30.4 Å². The lowest BCUT2D eigenvalue weighted by Crippen LogP contribution is -2.20. The van der Waals surface area contributed by atoms with Crippen molar-refractivity contribution in [2.24, 2.45) is 54.1 Å². The Labute approximate surface area is 606 Å². The maximum atomic E-state index is 12.3. The van der Waals surface area contributed by atoms with E-state index in [0.717, 1.165) is 45.3 Å². The molecule has 0 heterocycles. The predicted octanol–water partition coefficient (Wildman–Crippen LogP) is 33.8. The summed E-state index contributed by atoms with van der Waals surface area (Å²) in [6.45, 7) is 83.6. The molecule has 0 aliphatic carbocycles. The fourth-order valence-corrected chi connectivity index (χ4v) is 6.64. The topological polar surface area (TPSA) is 0 Å². The molecule has 0 saturated heterocycles. The minimum Gasteiger partial charge on any atom is -0.248 e. The summed E-state index contributed by atoms with van der Waals surface area (Å²) in [5.74, 6) is -1.44. The number of benzene rings is 2. The first-order valence-corrected chi connectivity index (χ1v) is 34.7. The molecule has 0 bridgehead atoms. The van der Waals surface area contributed by atoms with E-state index in [9.17, 15) is 26.3 Å². The van der Waals surface area contributed by atoms with E-state index < -0.39 is 24.2 Å². The minimum absolute atomic E-state index is 0. The highest BCUT2D eigenvalue weighted by Crippen LogP contribution is 2.31. The van der Waals surface area contributed by atoms with Gasteiger partial charge in [0.25, 0.3) is 0 Å². The van der Waals surface area contributed by atoms with Crippen molar-refractivity contribution >= 4 is 12.6 Å². The summed E-state index contributed by atoms with van der Waals surface area (Å²) in [5, 5.41) is 0. The van der Waals surface area contributed by atoms with Gasteiger partial charge in [-0.15, -0.1) is 18.9 Å². The lowest BCUT2D eigenvalue weighted by molar-refractivity contribution is -0.0169. The van der Waals surface area contributed by atoms with E-state index in [4.69, 9.17) is 6.42 Å². The van der Waals surface area contributed by atoms with Crippen molar-refractivity contribution in [2.45, 2.75) is 414 Å². The standard InChI is InChI=1S/C11H16.C10H14.C8H16F2.C8H17F.C7H14F2.C7H15F.C7H16.C7H14.C7H12.C6H14.C5H12S.5CH4/c1-11(2,3)9-10-7-5-4-6-8-10;1-10(2,3)9-7-5-4-6-8-9;1-7(2,3)5-6-8(4,9)10;1-7(9)5-6-8(2,3)4;1-6(2,3)5-7(4,8)9;1-6(8)5-7(2,3)4;3*1-5-6-7(2,3)4;1-5-6(2,3)4;1-5(2,3)4-6;;;;;/h4-8H,9H2,1-3H3;4-8H,1-3H3;5-6H2,1-4H3;7H,5-6H2,1-4H3;5H2,1-4H3;6H,5H2,1-4H3;5-6H2,1-4H3;5H,1,6H2,2-4H3;1H,6H2,2-4H3;5H2,1-4H3;6H,4H2,1-3H3;5*1H4. The summed E-state index contributed by atoms with van der Waals surface area (Å²) in [7, 11) is 0. The Kier molecular flexibility index (Phi) is 78.6. The molecule has 2 atom stereocenters. The highest BCUT2D eigenvalue weighted by atomic mass is 32.1. The molecule has 2 unspecified atom stereocenters. The van der Waals surface area contributed by atoms with Crippen LogP contribution in [0.2, 0.25) is 0 Å². The number of allylic oxidation sites excluding steroid dienone is 1. The third-order valence-corrected chi connectivity index (χ3v) is 12.4. The van der Waals surface area contributed by atoms with E-state index in [-0.39, 0.29) is 66.2 Å². The molecule has 0 aromatic heterocycles. The highest BCUT2D eigenvalue weighted by molar-refractivity contribution is 7.80. The molecule has 0 amide bonds. The van der Waals surface area contributed by atoms with Gasteiger partial charge < -0.3 is 0 Å². The quantitative estimate of drug-likeness (QED) is 0.110. The fraction of sp³-hybridized carbons (Fsp3) is 0.818. The Balaban J connectivity index is -0.0000000633. The second-order valence-electron chi connectivity index (χ2n) is 38.1. The molecule has 2 rings (SSSR count). The van der Waals surface area contributed by atoms with Crippen LogP contribution in [0.5, 0.6) is 0 Å². The van der Waals surface area contributed by atoms with Crippen molar-refractivity contribution in [3.05, 3.63) is 84.4 Å². The van der Waals surface area contributed by atoms with Gasteiger partial charge in [0.05, 0.1) is 12.3 Å².